The molecule has 1 aromatic rings. The number of hydrogen-bond acceptors (Lipinski definition) is 3. The lowest BCUT2D eigenvalue weighted by Gasteiger charge is -2.26. The Morgan fingerprint density at radius 3 is 2.38 bits per heavy atom. The molecule has 3 nitrogen and oxygen atoms in total. The Labute approximate surface area is 97.4 Å². The number of benzene rings is 1. The van der Waals surface area contributed by atoms with Crippen molar-refractivity contribution in [3.8, 4) is 5.75 Å². The molecule has 3 heteroatoms. The van der Waals surface area contributed by atoms with Gasteiger partial charge in [-0.25, -0.2) is 0 Å². The average molecular weight is 223 g/mol. The third kappa shape index (κ3) is 3.83. The molecule has 0 saturated carbocycles. The summed E-state index contributed by atoms with van der Waals surface area (Å²) < 4.78 is 5.34. The first-order valence-electron chi connectivity index (χ1n) is 5.52. The first kappa shape index (κ1) is 13.0. The minimum absolute atomic E-state index is 0.162. The number of ether oxygens (including phenoxy) is 1. The molecule has 0 aliphatic heterocycles. The van der Waals surface area contributed by atoms with E-state index in [1.807, 2.05) is 26.0 Å². The van der Waals surface area contributed by atoms with Gasteiger partial charge >= 0.3 is 0 Å². The smallest absolute Gasteiger partial charge is 0.115 e. The van der Waals surface area contributed by atoms with Crippen molar-refractivity contribution in [2.75, 3.05) is 13.7 Å². The van der Waals surface area contributed by atoms with Gasteiger partial charge < -0.3 is 15.2 Å². The Balaban J connectivity index is 2.53. The summed E-state index contributed by atoms with van der Waals surface area (Å²) in [5.74, 6) is 0.299. The maximum absolute atomic E-state index is 9.20. The van der Waals surface area contributed by atoms with Crippen LogP contribution < -0.4 is 5.32 Å². The van der Waals surface area contributed by atoms with Gasteiger partial charge in [-0.15, -0.1) is 0 Å². The highest BCUT2D eigenvalue weighted by Crippen LogP contribution is 2.17. The molecule has 0 fully saturated rings. The summed E-state index contributed by atoms with van der Waals surface area (Å²) >= 11 is 0. The number of phenolic OH excluding ortho intramolecular Hbond substituents is 1. The van der Waals surface area contributed by atoms with Gasteiger partial charge in [-0.05, 0) is 38.5 Å². The fourth-order valence-corrected chi connectivity index (χ4v) is 1.35. The lowest BCUT2D eigenvalue weighted by molar-refractivity contribution is 0.0214. The number of hydrogen-bond donors (Lipinski definition) is 2. The molecular weight excluding hydrogens is 202 g/mol. The van der Waals surface area contributed by atoms with E-state index < -0.39 is 0 Å². The minimum Gasteiger partial charge on any atom is -0.508 e. The molecule has 0 aliphatic carbocycles. The number of methoxy groups -OCH3 is 1. The van der Waals surface area contributed by atoms with Crippen molar-refractivity contribution < 1.29 is 9.84 Å². The quantitative estimate of drug-likeness (QED) is 0.805. The standard InChI is InChI=1S/C13H21NO2/c1-10(14-9-13(2,3)16-4)11-5-7-12(15)8-6-11/h5-8,10,14-15H,9H2,1-4H3. The Kier molecular flexibility index (Phi) is 4.33. The van der Waals surface area contributed by atoms with E-state index in [1.54, 1.807) is 19.2 Å². The molecule has 0 radical (unpaired) electrons. The van der Waals surface area contributed by atoms with Crippen LogP contribution in [0.3, 0.4) is 0 Å². The second-order valence-corrected chi connectivity index (χ2v) is 4.66. The van der Waals surface area contributed by atoms with Crippen molar-refractivity contribution in [3.05, 3.63) is 29.8 Å². The second-order valence-electron chi connectivity index (χ2n) is 4.66. The Morgan fingerprint density at radius 2 is 1.88 bits per heavy atom. The number of rotatable bonds is 5. The van der Waals surface area contributed by atoms with Crippen LogP contribution in [0.25, 0.3) is 0 Å². The van der Waals surface area contributed by atoms with Crippen molar-refractivity contribution in [2.24, 2.45) is 0 Å². The average Bonchev–Trinajstić information content (AvgIpc) is 2.27. The largest absolute Gasteiger partial charge is 0.508 e. The molecule has 0 amide bonds. The molecule has 0 spiro atoms. The maximum Gasteiger partial charge on any atom is 0.115 e. The van der Waals surface area contributed by atoms with E-state index in [1.165, 1.54) is 0 Å². The molecule has 1 aromatic carbocycles. The molecule has 16 heavy (non-hydrogen) atoms. The Morgan fingerprint density at radius 1 is 1.31 bits per heavy atom. The van der Waals surface area contributed by atoms with E-state index >= 15 is 0 Å². The first-order chi connectivity index (χ1) is 7.44. The summed E-state index contributed by atoms with van der Waals surface area (Å²) in [6.45, 7) is 6.97. The third-order valence-electron chi connectivity index (χ3n) is 2.78. The van der Waals surface area contributed by atoms with Crippen LogP contribution in [0.15, 0.2) is 24.3 Å². The van der Waals surface area contributed by atoms with Crippen LogP contribution in [0.1, 0.15) is 32.4 Å². The lowest BCUT2D eigenvalue weighted by Crippen LogP contribution is -2.37. The van der Waals surface area contributed by atoms with Gasteiger partial charge in [0.2, 0.25) is 0 Å². The summed E-state index contributed by atoms with van der Waals surface area (Å²) in [5, 5.41) is 12.6. The Hall–Kier alpha value is -1.06. The van der Waals surface area contributed by atoms with Gasteiger partial charge in [-0.2, -0.15) is 0 Å². The van der Waals surface area contributed by atoms with Crippen LogP contribution in [0.4, 0.5) is 0 Å². The van der Waals surface area contributed by atoms with Gasteiger partial charge in [0.1, 0.15) is 5.75 Å². The number of phenols is 1. The van der Waals surface area contributed by atoms with Crippen molar-refractivity contribution in [1.82, 2.24) is 5.32 Å². The van der Waals surface area contributed by atoms with Crippen LogP contribution in [-0.2, 0) is 4.74 Å². The molecule has 90 valence electrons. The van der Waals surface area contributed by atoms with E-state index in [0.717, 1.165) is 12.1 Å². The summed E-state index contributed by atoms with van der Waals surface area (Å²) in [4.78, 5) is 0. The molecule has 0 aliphatic rings. The van der Waals surface area contributed by atoms with Crippen molar-refractivity contribution in [1.29, 1.82) is 0 Å². The number of nitrogens with one attached hydrogen (secondary N) is 1. The van der Waals surface area contributed by atoms with Crippen LogP contribution in [0, 0.1) is 0 Å². The fraction of sp³-hybridized carbons (Fsp3) is 0.538. The summed E-state index contributed by atoms with van der Waals surface area (Å²) in [7, 11) is 1.72. The normalized spacial score (nSPS) is 13.8. The predicted molar refractivity (Wildman–Crippen MR) is 65.6 cm³/mol. The monoisotopic (exact) mass is 223 g/mol. The fourth-order valence-electron chi connectivity index (χ4n) is 1.35. The van der Waals surface area contributed by atoms with E-state index in [4.69, 9.17) is 4.74 Å². The lowest BCUT2D eigenvalue weighted by atomic mass is 10.1. The predicted octanol–water partition coefficient (Wildman–Crippen LogP) is 2.47. The van der Waals surface area contributed by atoms with Crippen molar-refractivity contribution >= 4 is 0 Å². The SMILES string of the molecule is COC(C)(C)CNC(C)c1ccc(O)cc1. The molecular formula is C13H21NO2. The molecule has 0 aromatic heterocycles. The van der Waals surface area contributed by atoms with Crippen LogP contribution in [-0.4, -0.2) is 24.4 Å². The zero-order valence-corrected chi connectivity index (χ0v) is 10.4. The van der Waals surface area contributed by atoms with E-state index in [2.05, 4.69) is 12.2 Å². The number of aromatic hydroxyl groups is 1. The molecule has 0 heterocycles. The van der Waals surface area contributed by atoms with Crippen LogP contribution in [0.5, 0.6) is 5.75 Å². The zero-order chi connectivity index (χ0) is 12.2. The summed E-state index contributed by atoms with van der Waals surface area (Å²) in [5.41, 5.74) is 0.996. The Bertz CT molecular complexity index is 319. The van der Waals surface area contributed by atoms with E-state index in [-0.39, 0.29) is 11.6 Å². The minimum atomic E-state index is -0.162. The molecule has 2 N–H and O–H groups in total. The van der Waals surface area contributed by atoms with Gasteiger partial charge in [0.05, 0.1) is 5.60 Å². The van der Waals surface area contributed by atoms with Gasteiger partial charge in [0, 0.05) is 19.7 Å². The maximum atomic E-state index is 9.20. The molecule has 1 unspecified atom stereocenters. The topological polar surface area (TPSA) is 41.5 Å². The van der Waals surface area contributed by atoms with Crippen LogP contribution in [0.2, 0.25) is 0 Å². The van der Waals surface area contributed by atoms with Gasteiger partial charge in [-0.3, -0.25) is 0 Å². The summed E-state index contributed by atoms with van der Waals surface area (Å²) in [6.07, 6.45) is 0. The highest BCUT2D eigenvalue weighted by Gasteiger charge is 2.17. The molecule has 0 bridgehead atoms. The van der Waals surface area contributed by atoms with Crippen molar-refractivity contribution in [2.45, 2.75) is 32.4 Å². The van der Waals surface area contributed by atoms with E-state index in [0.29, 0.717) is 5.75 Å². The first-order valence-corrected chi connectivity index (χ1v) is 5.52. The third-order valence-corrected chi connectivity index (χ3v) is 2.78. The van der Waals surface area contributed by atoms with Gasteiger partial charge in [0.25, 0.3) is 0 Å². The van der Waals surface area contributed by atoms with Gasteiger partial charge in [0.15, 0.2) is 0 Å². The molecule has 1 atom stereocenters. The van der Waals surface area contributed by atoms with Gasteiger partial charge in [-0.1, -0.05) is 12.1 Å². The summed E-state index contributed by atoms with van der Waals surface area (Å²) in [6, 6.07) is 7.50. The zero-order valence-electron chi connectivity index (χ0n) is 10.4. The molecule has 1 rings (SSSR count). The van der Waals surface area contributed by atoms with E-state index in [9.17, 15) is 5.11 Å². The highest BCUT2D eigenvalue weighted by molar-refractivity contribution is 5.27. The highest BCUT2D eigenvalue weighted by atomic mass is 16.5. The second kappa shape index (κ2) is 5.32. The molecule has 0 saturated heterocycles. The van der Waals surface area contributed by atoms with Crippen LogP contribution >= 0.6 is 0 Å². The van der Waals surface area contributed by atoms with Crippen molar-refractivity contribution in [3.63, 3.8) is 0 Å².